The quantitative estimate of drug-likeness (QED) is 0.674. The van der Waals surface area contributed by atoms with Gasteiger partial charge in [-0.15, -0.1) is 0 Å². The summed E-state index contributed by atoms with van der Waals surface area (Å²) in [6.07, 6.45) is 0. The Hall–Kier alpha value is -1.80. The standard InChI is InChI=1S/C13H14N4S/c1-3-15-12-10-6-4-5-7-11(10)16-13(17-12)18-9(2)8-14/h4-7,9H,3H2,1-2H3,(H,15,16,17)/t9-/m1/s1. The summed E-state index contributed by atoms with van der Waals surface area (Å²) >= 11 is 1.38. The highest BCUT2D eigenvalue weighted by atomic mass is 32.2. The van der Waals surface area contributed by atoms with Gasteiger partial charge in [0.1, 0.15) is 5.82 Å². The summed E-state index contributed by atoms with van der Waals surface area (Å²) in [5.74, 6) is 0.829. The molecule has 1 N–H and O–H groups in total. The van der Waals surface area contributed by atoms with E-state index in [4.69, 9.17) is 5.26 Å². The zero-order chi connectivity index (χ0) is 13.0. The van der Waals surface area contributed by atoms with Crippen LogP contribution < -0.4 is 5.32 Å². The van der Waals surface area contributed by atoms with E-state index >= 15 is 0 Å². The predicted octanol–water partition coefficient (Wildman–Crippen LogP) is 3.07. The van der Waals surface area contributed by atoms with Gasteiger partial charge in [0.25, 0.3) is 0 Å². The number of anilines is 1. The number of hydrogen-bond donors (Lipinski definition) is 1. The van der Waals surface area contributed by atoms with E-state index in [1.807, 2.05) is 38.1 Å². The van der Waals surface area contributed by atoms with Crippen LogP contribution >= 0.6 is 11.8 Å². The Bertz CT molecular complexity index is 591. The van der Waals surface area contributed by atoms with E-state index in [1.54, 1.807) is 0 Å². The molecule has 0 unspecified atom stereocenters. The number of hydrogen-bond acceptors (Lipinski definition) is 5. The average molecular weight is 258 g/mol. The third kappa shape index (κ3) is 2.71. The smallest absolute Gasteiger partial charge is 0.191 e. The molecule has 0 aliphatic rings. The molecule has 18 heavy (non-hydrogen) atoms. The van der Waals surface area contributed by atoms with Crippen molar-refractivity contribution in [2.75, 3.05) is 11.9 Å². The fraction of sp³-hybridized carbons (Fsp3) is 0.308. The minimum absolute atomic E-state index is 0.152. The van der Waals surface area contributed by atoms with Crippen LogP contribution in [0.2, 0.25) is 0 Å². The van der Waals surface area contributed by atoms with Gasteiger partial charge in [0.2, 0.25) is 0 Å². The molecule has 2 rings (SSSR count). The molecule has 4 nitrogen and oxygen atoms in total. The molecular weight excluding hydrogens is 244 g/mol. The minimum atomic E-state index is -0.152. The van der Waals surface area contributed by atoms with Gasteiger partial charge in [-0.25, -0.2) is 9.97 Å². The Labute approximate surface area is 110 Å². The third-order valence-corrected chi connectivity index (χ3v) is 3.24. The number of nitriles is 1. The summed E-state index contributed by atoms with van der Waals surface area (Å²) in [4.78, 5) is 8.93. The topological polar surface area (TPSA) is 61.6 Å². The van der Waals surface area contributed by atoms with Crippen molar-refractivity contribution in [1.29, 1.82) is 5.26 Å². The van der Waals surface area contributed by atoms with Gasteiger partial charge in [0.05, 0.1) is 16.8 Å². The van der Waals surface area contributed by atoms with Crippen LogP contribution in [0.5, 0.6) is 0 Å². The van der Waals surface area contributed by atoms with E-state index in [9.17, 15) is 0 Å². The molecule has 1 atom stereocenters. The van der Waals surface area contributed by atoms with Crippen LogP contribution in [0.3, 0.4) is 0 Å². The van der Waals surface area contributed by atoms with Gasteiger partial charge < -0.3 is 5.32 Å². The molecule has 0 saturated carbocycles. The first kappa shape index (κ1) is 12.7. The van der Waals surface area contributed by atoms with Crippen molar-refractivity contribution in [3.8, 4) is 6.07 Å². The van der Waals surface area contributed by atoms with Gasteiger partial charge in [0, 0.05) is 11.9 Å². The number of para-hydroxylation sites is 1. The Morgan fingerprint density at radius 1 is 1.39 bits per heavy atom. The van der Waals surface area contributed by atoms with Gasteiger partial charge in [0.15, 0.2) is 5.16 Å². The van der Waals surface area contributed by atoms with Crippen molar-refractivity contribution in [3.05, 3.63) is 24.3 Å². The van der Waals surface area contributed by atoms with Crippen molar-refractivity contribution < 1.29 is 0 Å². The van der Waals surface area contributed by atoms with Crippen LogP contribution in [0.15, 0.2) is 29.4 Å². The molecule has 0 radical (unpaired) electrons. The summed E-state index contributed by atoms with van der Waals surface area (Å²) in [5.41, 5.74) is 0.899. The van der Waals surface area contributed by atoms with E-state index in [0.717, 1.165) is 23.3 Å². The van der Waals surface area contributed by atoms with Crippen LogP contribution in [0, 0.1) is 11.3 Å². The Balaban J connectivity index is 2.47. The summed E-state index contributed by atoms with van der Waals surface area (Å²) in [6, 6.07) is 10.0. The predicted molar refractivity (Wildman–Crippen MR) is 74.6 cm³/mol. The van der Waals surface area contributed by atoms with E-state index in [1.165, 1.54) is 11.8 Å². The van der Waals surface area contributed by atoms with Crippen molar-refractivity contribution in [2.45, 2.75) is 24.3 Å². The fourth-order valence-corrected chi connectivity index (χ4v) is 2.26. The van der Waals surface area contributed by atoms with Crippen molar-refractivity contribution in [2.24, 2.45) is 0 Å². The summed E-state index contributed by atoms with van der Waals surface area (Å²) in [6.45, 7) is 4.68. The second-order valence-electron chi connectivity index (χ2n) is 3.79. The fourth-order valence-electron chi connectivity index (χ4n) is 1.59. The molecule has 1 aromatic heterocycles. The van der Waals surface area contributed by atoms with Gasteiger partial charge in [-0.05, 0) is 26.0 Å². The normalized spacial score (nSPS) is 12.1. The minimum Gasteiger partial charge on any atom is -0.370 e. The van der Waals surface area contributed by atoms with Crippen LogP contribution in [0.25, 0.3) is 10.9 Å². The monoisotopic (exact) mass is 258 g/mol. The second kappa shape index (κ2) is 5.69. The first-order valence-corrected chi connectivity index (χ1v) is 6.69. The largest absolute Gasteiger partial charge is 0.370 e. The Morgan fingerprint density at radius 2 is 2.17 bits per heavy atom. The Kier molecular flexibility index (Phi) is 4.00. The highest BCUT2D eigenvalue weighted by molar-refractivity contribution is 8.00. The van der Waals surface area contributed by atoms with E-state index < -0.39 is 0 Å². The lowest BCUT2D eigenvalue weighted by Gasteiger charge is -2.09. The molecular formula is C13H14N4S. The third-order valence-electron chi connectivity index (χ3n) is 2.39. The molecule has 2 aromatic rings. The number of thioether (sulfide) groups is 1. The van der Waals surface area contributed by atoms with E-state index in [0.29, 0.717) is 5.16 Å². The number of nitrogens with zero attached hydrogens (tertiary/aromatic N) is 3. The Morgan fingerprint density at radius 3 is 2.89 bits per heavy atom. The number of nitrogens with one attached hydrogen (secondary N) is 1. The summed E-state index contributed by atoms with van der Waals surface area (Å²) < 4.78 is 0. The first-order valence-electron chi connectivity index (χ1n) is 5.81. The maximum atomic E-state index is 8.84. The van der Waals surface area contributed by atoms with Crippen LogP contribution in [0.1, 0.15) is 13.8 Å². The number of fused-ring (bicyclic) bond motifs is 1. The molecule has 0 amide bonds. The first-order chi connectivity index (χ1) is 8.74. The second-order valence-corrected chi connectivity index (χ2v) is 5.10. The molecule has 0 aliphatic heterocycles. The van der Waals surface area contributed by atoms with Crippen molar-refractivity contribution in [1.82, 2.24) is 9.97 Å². The van der Waals surface area contributed by atoms with Gasteiger partial charge in [-0.1, -0.05) is 23.9 Å². The van der Waals surface area contributed by atoms with Crippen molar-refractivity contribution >= 4 is 28.5 Å². The highest BCUT2D eigenvalue weighted by Gasteiger charge is 2.10. The van der Waals surface area contributed by atoms with E-state index in [-0.39, 0.29) is 5.25 Å². The number of benzene rings is 1. The number of rotatable bonds is 4. The molecule has 1 aromatic carbocycles. The molecule has 0 aliphatic carbocycles. The SMILES string of the molecule is CCNc1nc(S[C@H](C)C#N)nc2ccccc12. The zero-order valence-electron chi connectivity index (χ0n) is 10.3. The van der Waals surface area contributed by atoms with Gasteiger partial charge in [-0.3, -0.25) is 0 Å². The molecule has 0 saturated heterocycles. The maximum absolute atomic E-state index is 8.84. The number of aromatic nitrogens is 2. The lowest BCUT2D eigenvalue weighted by molar-refractivity contribution is 0.987. The lowest BCUT2D eigenvalue weighted by atomic mass is 10.2. The van der Waals surface area contributed by atoms with Crippen LogP contribution in [-0.2, 0) is 0 Å². The molecule has 92 valence electrons. The summed E-state index contributed by atoms with van der Waals surface area (Å²) in [5, 5.41) is 13.6. The highest BCUT2D eigenvalue weighted by Crippen LogP contribution is 2.26. The van der Waals surface area contributed by atoms with Crippen LogP contribution in [-0.4, -0.2) is 21.8 Å². The van der Waals surface area contributed by atoms with Crippen LogP contribution in [0.4, 0.5) is 5.82 Å². The molecule has 1 heterocycles. The van der Waals surface area contributed by atoms with E-state index in [2.05, 4.69) is 21.4 Å². The molecule has 5 heteroatoms. The maximum Gasteiger partial charge on any atom is 0.191 e. The lowest BCUT2D eigenvalue weighted by Crippen LogP contribution is -2.03. The molecule has 0 spiro atoms. The van der Waals surface area contributed by atoms with Crippen molar-refractivity contribution in [3.63, 3.8) is 0 Å². The van der Waals surface area contributed by atoms with Gasteiger partial charge in [-0.2, -0.15) is 5.26 Å². The zero-order valence-corrected chi connectivity index (χ0v) is 11.2. The average Bonchev–Trinajstić information content (AvgIpc) is 2.39. The summed E-state index contributed by atoms with van der Waals surface area (Å²) in [7, 11) is 0. The van der Waals surface area contributed by atoms with Gasteiger partial charge >= 0.3 is 0 Å². The molecule has 0 fully saturated rings. The molecule has 0 bridgehead atoms.